The number of methoxy groups -OCH3 is 1. The molecule has 0 radical (unpaired) electrons. The Labute approximate surface area is 100.0 Å². The van der Waals surface area contributed by atoms with Crippen LogP contribution in [0.4, 0.5) is 5.82 Å². The summed E-state index contributed by atoms with van der Waals surface area (Å²) in [6, 6.07) is 7.81. The molecule has 0 aliphatic carbocycles. The summed E-state index contributed by atoms with van der Waals surface area (Å²) in [5.74, 6) is 1.45. The third-order valence-corrected chi connectivity index (χ3v) is 2.65. The number of nitrogens with two attached hydrogens (primary N) is 2. The highest BCUT2D eigenvalue weighted by Gasteiger charge is 2.06. The lowest BCUT2D eigenvalue weighted by atomic mass is 10.2. The van der Waals surface area contributed by atoms with Gasteiger partial charge in [-0.15, -0.1) is 0 Å². The van der Waals surface area contributed by atoms with Crippen LogP contribution in [0.25, 0.3) is 0 Å². The van der Waals surface area contributed by atoms with E-state index >= 15 is 0 Å². The minimum atomic E-state index is 0.407. The highest BCUT2D eigenvalue weighted by atomic mass is 16.5. The van der Waals surface area contributed by atoms with Crippen LogP contribution in [-0.4, -0.2) is 16.9 Å². The van der Waals surface area contributed by atoms with Crippen LogP contribution in [0.1, 0.15) is 11.1 Å². The summed E-state index contributed by atoms with van der Waals surface area (Å²) >= 11 is 0. The zero-order chi connectivity index (χ0) is 12.3. The Balaban J connectivity index is 2.22. The van der Waals surface area contributed by atoms with E-state index in [2.05, 4.69) is 5.10 Å². The fourth-order valence-electron chi connectivity index (χ4n) is 1.66. The zero-order valence-corrected chi connectivity index (χ0v) is 9.76. The van der Waals surface area contributed by atoms with Gasteiger partial charge in [-0.05, 0) is 17.7 Å². The molecule has 1 aromatic heterocycles. The predicted molar refractivity (Wildman–Crippen MR) is 66.6 cm³/mol. The minimum Gasteiger partial charge on any atom is -0.497 e. The number of anilines is 1. The van der Waals surface area contributed by atoms with Crippen molar-refractivity contribution in [2.45, 2.75) is 13.1 Å². The largest absolute Gasteiger partial charge is 0.497 e. The molecule has 0 unspecified atom stereocenters. The van der Waals surface area contributed by atoms with Gasteiger partial charge in [0.1, 0.15) is 11.6 Å². The second kappa shape index (κ2) is 4.88. The SMILES string of the molecule is COc1cccc(Cn2ncc(CN)c2N)c1. The first kappa shape index (κ1) is 11.5. The zero-order valence-electron chi connectivity index (χ0n) is 9.76. The van der Waals surface area contributed by atoms with Gasteiger partial charge < -0.3 is 16.2 Å². The molecule has 0 atom stereocenters. The summed E-state index contributed by atoms with van der Waals surface area (Å²) in [7, 11) is 1.65. The van der Waals surface area contributed by atoms with Gasteiger partial charge in [-0.1, -0.05) is 12.1 Å². The second-order valence-corrected chi connectivity index (χ2v) is 3.77. The number of benzene rings is 1. The second-order valence-electron chi connectivity index (χ2n) is 3.77. The molecule has 1 heterocycles. The molecule has 2 aromatic rings. The van der Waals surface area contributed by atoms with Gasteiger partial charge in [0.25, 0.3) is 0 Å². The monoisotopic (exact) mass is 232 g/mol. The van der Waals surface area contributed by atoms with Crippen molar-refractivity contribution in [2.24, 2.45) is 5.73 Å². The Hall–Kier alpha value is -2.01. The quantitative estimate of drug-likeness (QED) is 0.823. The fraction of sp³-hybridized carbons (Fsp3) is 0.250. The predicted octanol–water partition coefficient (Wildman–Crippen LogP) is 0.981. The number of nitrogen functional groups attached to an aromatic ring is 1. The maximum Gasteiger partial charge on any atom is 0.126 e. The summed E-state index contributed by atoms with van der Waals surface area (Å²) in [5.41, 5.74) is 13.4. The van der Waals surface area contributed by atoms with E-state index in [1.165, 1.54) is 0 Å². The number of hydrogen-bond acceptors (Lipinski definition) is 4. The summed E-state index contributed by atoms with van der Waals surface area (Å²) in [6.45, 7) is 1.02. The lowest BCUT2D eigenvalue weighted by Gasteiger charge is -2.06. The molecule has 0 aliphatic heterocycles. The molecule has 0 bridgehead atoms. The van der Waals surface area contributed by atoms with Gasteiger partial charge in [-0.3, -0.25) is 0 Å². The normalized spacial score (nSPS) is 10.5. The smallest absolute Gasteiger partial charge is 0.126 e. The van der Waals surface area contributed by atoms with Crippen LogP contribution < -0.4 is 16.2 Å². The molecule has 0 fully saturated rings. The molecule has 4 N–H and O–H groups in total. The van der Waals surface area contributed by atoms with Gasteiger partial charge in [0.15, 0.2) is 0 Å². The van der Waals surface area contributed by atoms with Gasteiger partial charge in [-0.25, -0.2) is 4.68 Å². The third kappa shape index (κ3) is 2.39. The van der Waals surface area contributed by atoms with E-state index in [1.54, 1.807) is 18.0 Å². The summed E-state index contributed by atoms with van der Waals surface area (Å²) in [5, 5.41) is 4.21. The van der Waals surface area contributed by atoms with Crippen LogP contribution in [0.2, 0.25) is 0 Å². The first-order valence-corrected chi connectivity index (χ1v) is 5.37. The van der Waals surface area contributed by atoms with Crippen molar-refractivity contribution >= 4 is 5.82 Å². The van der Waals surface area contributed by atoms with E-state index in [0.29, 0.717) is 18.9 Å². The van der Waals surface area contributed by atoms with Crippen LogP contribution in [0.5, 0.6) is 5.75 Å². The molecule has 5 heteroatoms. The van der Waals surface area contributed by atoms with Gasteiger partial charge >= 0.3 is 0 Å². The highest BCUT2D eigenvalue weighted by Crippen LogP contribution is 2.16. The van der Waals surface area contributed by atoms with Crippen molar-refractivity contribution in [3.05, 3.63) is 41.6 Å². The van der Waals surface area contributed by atoms with E-state index in [1.807, 2.05) is 24.3 Å². The van der Waals surface area contributed by atoms with Crippen molar-refractivity contribution in [3.8, 4) is 5.75 Å². The van der Waals surface area contributed by atoms with Gasteiger partial charge in [0, 0.05) is 12.1 Å². The number of aromatic nitrogens is 2. The summed E-state index contributed by atoms with van der Waals surface area (Å²) in [4.78, 5) is 0. The molecule has 90 valence electrons. The number of ether oxygens (including phenoxy) is 1. The number of hydrogen-bond donors (Lipinski definition) is 2. The molecular weight excluding hydrogens is 216 g/mol. The van der Waals surface area contributed by atoms with Gasteiger partial charge in [0.2, 0.25) is 0 Å². The summed E-state index contributed by atoms with van der Waals surface area (Å²) in [6.07, 6.45) is 1.70. The van der Waals surface area contributed by atoms with E-state index in [9.17, 15) is 0 Å². The van der Waals surface area contributed by atoms with Crippen LogP contribution in [0, 0.1) is 0 Å². The Morgan fingerprint density at radius 3 is 2.88 bits per heavy atom. The summed E-state index contributed by atoms with van der Waals surface area (Å²) < 4.78 is 6.90. The molecule has 0 saturated carbocycles. The van der Waals surface area contributed by atoms with E-state index in [0.717, 1.165) is 16.9 Å². The Bertz CT molecular complexity index is 507. The maximum absolute atomic E-state index is 5.92. The number of nitrogens with zero attached hydrogens (tertiary/aromatic N) is 2. The number of rotatable bonds is 4. The Morgan fingerprint density at radius 1 is 1.41 bits per heavy atom. The van der Waals surface area contributed by atoms with Crippen molar-refractivity contribution < 1.29 is 4.74 Å². The van der Waals surface area contributed by atoms with Crippen molar-refractivity contribution in [1.29, 1.82) is 0 Å². The highest BCUT2D eigenvalue weighted by molar-refractivity contribution is 5.39. The molecule has 0 aliphatic rings. The van der Waals surface area contributed by atoms with E-state index in [4.69, 9.17) is 16.2 Å². The molecule has 17 heavy (non-hydrogen) atoms. The molecule has 0 saturated heterocycles. The topological polar surface area (TPSA) is 79.1 Å². The molecule has 0 spiro atoms. The van der Waals surface area contributed by atoms with E-state index in [-0.39, 0.29) is 0 Å². The third-order valence-electron chi connectivity index (χ3n) is 2.65. The van der Waals surface area contributed by atoms with Crippen LogP contribution >= 0.6 is 0 Å². The minimum absolute atomic E-state index is 0.407. The Morgan fingerprint density at radius 2 is 2.24 bits per heavy atom. The van der Waals surface area contributed by atoms with Crippen molar-refractivity contribution in [3.63, 3.8) is 0 Å². The van der Waals surface area contributed by atoms with Gasteiger partial charge in [0.05, 0.1) is 19.9 Å². The molecule has 0 amide bonds. The lowest BCUT2D eigenvalue weighted by Crippen LogP contribution is -2.08. The van der Waals surface area contributed by atoms with E-state index < -0.39 is 0 Å². The first-order chi connectivity index (χ1) is 8.24. The standard InChI is InChI=1S/C12H16N4O/c1-17-11-4-2-3-9(5-11)8-16-12(14)10(6-13)7-15-16/h2-5,7H,6,8,13-14H2,1H3. The van der Waals surface area contributed by atoms with Crippen molar-refractivity contribution in [1.82, 2.24) is 9.78 Å². The van der Waals surface area contributed by atoms with Crippen molar-refractivity contribution in [2.75, 3.05) is 12.8 Å². The van der Waals surface area contributed by atoms with Gasteiger partial charge in [-0.2, -0.15) is 5.10 Å². The molecule has 2 rings (SSSR count). The molecular formula is C12H16N4O. The maximum atomic E-state index is 5.92. The van der Waals surface area contributed by atoms with Crippen LogP contribution in [0.15, 0.2) is 30.5 Å². The average Bonchev–Trinajstić information content (AvgIpc) is 2.71. The molecule has 1 aromatic carbocycles. The fourth-order valence-corrected chi connectivity index (χ4v) is 1.66. The first-order valence-electron chi connectivity index (χ1n) is 5.37. The van der Waals surface area contributed by atoms with Crippen LogP contribution in [-0.2, 0) is 13.1 Å². The average molecular weight is 232 g/mol. The van der Waals surface area contributed by atoms with Crippen LogP contribution in [0.3, 0.4) is 0 Å². The molecule has 5 nitrogen and oxygen atoms in total. The lowest BCUT2D eigenvalue weighted by molar-refractivity contribution is 0.414. The Kier molecular flexibility index (Phi) is 3.30.